The molecule has 2 aromatic carbocycles. The van der Waals surface area contributed by atoms with E-state index in [0.717, 1.165) is 40.8 Å². The number of nitrogens with zero attached hydrogens (tertiary/aromatic N) is 2. The molecule has 1 amide bonds. The molecule has 3 aromatic rings. The van der Waals surface area contributed by atoms with Crippen LogP contribution in [0.5, 0.6) is 0 Å². The molecule has 0 spiro atoms. The second-order valence-electron chi connectivity index (χ2n) is 6.51. The summed E-state index contributed by atoms with van der Waals surface area (Å²) in [6.45, 7) is 8.23. The van der Waals surface area contributed by atoms with Gasteiger partial charge in [0.05, 0.1) is 12.6 Å². The third kappa shape index (κ3) is 4.37. The summed E-state index contributed by atoms with van der Waals surface area (Å²) in [5.74, 6) is -0.126. The van der Waals surface area contributed by atoms with Crippen LogP contribution in [-0.2, 0) is 11.2 Å². The van der Waals surface area contributed by atoms with Gasteiger partial charge in [-0.3, -0.25) is 4.79 Å². The number of hydrogen-bond donors (Lipinski definition) is 2. The molecule has 0 unspecified atom stereocenters. The molecule has 5 heteroatoms. The van der Waals surface area contributed by atoms with Crippen LogP contribution in [0.25, 0.3) is 10.9 Å². The Morgan fingerprint density at radius 2 is 1.81 bits per heavy atom. The van der Waals surface area contributed by atoms with Crippen molar-refractivity contribution in [2.45, 2.75) is 27.2 Å². The van der Waals surface area contributed by atoms with Crippen molar-refractivity contribution in [1.29, 1.82) is 0 Å². The largest absolute Gasteiger partial charge is 0.372 e. The quantitative estimate of drug-likeness (QED) is 0.493. The molecular weight excluding hydrogens is 336 g/mol. The van der Waals surface area contributed by atoms with Gasteiger partial charge in [0.1, 0.15) is 0 Å². The molecule has 0 saturated carbocycles. The first-order valence-corrected chi connectivity index (χ1v) is 9.35. The van der Waals surface area contributed by atoms with Crippen LogP contribution in [0.15, 0.2) is 53.6 Å². The molecule has 0 aliphatic carbocycles. The standard InChI is InChI=1S/C22H26N4O/c1-4-26(5-2)18-12-10-17(11-13-18)15-23-25-22(27)14-20-16(3)24-21-9-7-6-8-19(20)21/h6-13,15,24H,4-5,14H2,1-3H3,(H,25,27). The van der Waals surface area contributed by atoms with Crippen LogP contribution in [-0.4, -0.2) is 30.2 Å². The molecule has 0 aliphatic heterocycles. The van der Waals surface area contributed by atoms with Gasteiger partial charge in [0.15, 0.2) is 0 Å². The number of amides is 1. The van der Waals surface area contributed by atoms with Gasteiger partial charge in [-0.25, -0.2) is 5.43 Å². The monoisotopic (exact) mass is 362 g/mol. The Morgan fingerprint density at radius 3 is 2.52 bits per heavy atom. The van der Waals surface area contributed by atoms with E-state index in [1.807, 2.05) is 43.3 Å². The molecular formula is C22H26N4O. The zero-order valence-electron chi connectivity index (χ0n) is 16.1. The molecule has 2 N–H and O–H groups in total. The highest BCUT2D eigenvalue weighted by molar-refractivity contribution is 5.90. The number of para-hydroxylation sites is 1. The molecule has 0 saturated heterocycles. The molecule has 0 aliphatic rings. The van der Waals surface area contributed by atoms with Gasteiger partial charge in [-0.05, 0) is 50.1 Å². The number of fused-ring (bicyclic) bond motifs is 1. The predicted octanol–water partition coefficient (Wildman–Crippen LogP) is 4.02. The number of benzene rings is 2. The highest BCUT2D eigenvalue weighted by Gasteiger charge is 2.11. The lowest BCUT2D eigenvalue weighted by atomic mass is 10.1. The maximum Gasteiger partial charge on any atom is 0.244 e. The summed E-state index contributed by atoms with van der Waals surface area (Å²) in [5, 5.41) is 5.18. The number of nitrogens with one attached hydrogen (secondary N) is 2. The zero-order valence-corrected chi connectivity index (χ0v) is 16.1. The van der Waals surface area contributed by atoms with Crippen LogP contribution in [0.4, 0.5) is 5.69 Å². The van der Waals surface area contributed by atoms with Gasteiger partial charge >= 0.3 is 0 Å². The lowest BCUT2D eigenvalue weighted by Crippen LogP contribution is -2.21. The maximum absolute atomic E-state index is 12.3. The number of hydrazone groups is 1. The van der Waals surface area contributed by atoms with Crippen LogP contribution in [0.3, 0.4) is 0 Å². The zero-order chi connectivity index (χ0) is 19.2. The molecule has 3 rings (SSSR count). The normalized spacial score (nSPS) is 11.2. The van der Waals surface area contributed by atoms with Gasteiger partial charge in [-0.15, -0.1) is 0 Å². The fourth-order valence-electron chi connectivity index (χ4n) is 3.30. The number of carbonyl (C=O) groups excluding carboxylic acids is 1. The first-order chi connectivity index (χ1) is 13.1. The van der Waals surface area contributed by atoms with Crippen molar-refractivity contribution in [2.75, 3.05) is 18.0 Å². The minimum absolute atomic E-state index is 0.126. The molecule has 0 fully saturated rings. The summed E-state index contributed by atoms with van der Waals surface area (Å²) in [6.07, 6.45) is 1.97. The predicted molar refractivity (Wildman–Crippen MR) is 112 cm³/mol. The summed E-state index contributed by atoms with van der Waals surface area (Å²) < 4.78 is 0. The highest BCUT2D eigenvalue weighted by atomic mass is 16.2. The second kappa shape index (κ2) is 8.54. The van der Waals surface area contributed by atoms with E-state index in [0.29, 0.717) is 6.42 Å². The molecule has 0 atom stereocenters. The number of aryl methyl sites for hydroxylation is 1. The number of hydrogen-bond acceptors (Lipinski definition) is 3. The molecule has 1 aromatic heterocycles. The van der Waals surface area contributed by atoms with Gasteiger partial charge in [-0.1, -0.05) is 30.3 Å². The van der Waals surface area contributed by atoms with Crippen LogP contribution in [0, 0.1) is 6.92 Å². The first-order valence-electron chi connectivity index (χ1n) is 9.35. The molecule has 5 nitrogen and oxygen atoms in total. The minimum Gasteiger partial charge on any atom is -0.372 e. The number of rotatable bonds is 7. The molecule has 140 valence electrons. The lowest BCUT2D eigenvalue weighted by molar-refractivity contribution is -0.120. The summed E-state index contributed by atoms with van der Waals surface area (Å²) in [6, 6.07) is 16.2. The van der Waals surface area contributed by atoms with E-state index in [9.17, 15) is 4.79 Å². The fraction of sp³-hybridized carbons (Fsp3) is 0.273. The van der Waals surface area contributed by atoms with Crippen molar-refractivity contribution in [3.8, 4) is 0 Å². The number of carbonyl (C=O) groups is 1. The van der Waals surface area contributed by atoms with E-state index in [1.165, 1.54) is 5.69 Å². The highest BCUT2D eigenvalue weighted by Crippen LogP contribution is 2.22. The van der Waals surface area contributed by atoms with E-state index in [2.05, 4.69) is 46.4 Å². The van der Waals surface area contributed by atoms with Gasteiger partial charge in [0.25, 0.3) is 0 Å². The van der Waals surface area contributed by atoms with Crippen LogP contribution in [0.1, 0.15) is 30.7 Å². The van der Waals surface area contributed by atoms with Gasteiger partial charge in [0, 0.05) is 35.4 Å². The SMILES string of the molecule is CCN(CC)c1ccc(C=NNC(=O)Cc2c(C)[nH]c3ccccc23)cc1. The molecule has 27 heavy (non-hydrogen) atoms. The number of aromatic nitrogens is 1. The Labute approximate surface area is 160 Å². The van der Waals surface area contributed by atoms with Crippen molar-refractivity contribution in [3.05, 3.63) is 65.4 Å². The summed E-state index contributed by atoms with van der Waals surface area (Å²) in [4.78, 5) is 17.9. The Kier molecular flexibility index (Phi) is 5.91. The van der Waals surface area contributed by atoms with E-state index in [-0.39, 0.29) is 5.91 Å². The maximum atomic E-state index is 12.3. The van der Waals surface area contributed by atoms with Gasteiger partial charge < -0.3 is 9.88 Å². The van der Waals surface area contributed by atoms with Crippen molar-refractivity contribution < 1.29 is 4.79 Å². The van der Waals surface area contributed by atoms with E-state index in [1.54, 1.807) is 6.21 Å². The molecule has 0 radical (unpaired) electrons. The molecule has 0 bridgehead atoms. The van der Waals surface area contributed by atoms with Crippen LogP contribution >= 0.6 is 0 Å². The second-order valence-corrected chi connectivity index (χ2v) is 6.51. The van der Waals surface area contributed by atoms with Gasteiger partial charge in [0.2, 0.25) is 5.91 Å². The third-order valence-corrected chi connectivity index (χ3v) is 4.79. The summed E-state index contributed by atoms with van der Waals surface area (Å²) >= 11 is 0. The average Bonchev–Trinajstić information content (AvgIpc) is 2.99. The van der Waals surface area contributed by atoms with E-state index < -0.39 is 0 Å². The summed E-state index contributed by atoms with van der Waals surface area (Å²) in [7, 11) is 0. The Bertz CT molecular complexity index is 937. The Hall–Kier alpha value is -3.08. The molecule has 1 heterocycles. The van der Waals surface area contributed by atoms with Gasteiger partial charge in [-0.2, -0.15) is 5.10 Å². The topological polar surface area (TPSA) is 60.5 Å². The smallest absolute Gasteiger partial charge is 0.244 e. The van der Waals surface area contributed by atoms with E-state index >= 15 is 0 Å². The summed E-state index contributed by atoms with van der Waals surface area (Å²) in [5.41, 5.74) is 7.85. The fourth-order valence-corrected chi connectivity index (χ4v) is 3.30. The van der Waals surface area contributed by atoms with Crippen LogP contribution in [0.2, 0.25) is 0 Å². The van der Waals surface area contributed by atoms with Crippen LogP contribution < -0.4 is 10.3 Å². The number of H-pyrrole nitrogens is 1. The Balaban J connectivity index is 1.61. The van der Waals surface area contributed by atoms with Crippen molar-refractivity contribution in [2.24, 2.45) is 5.10 Å². The third-order valence-electron chi connectivity index (χ3n) is 4.79. The Morgan fingerprint density at radius 1 is 1.11 bits per heavy atom. The van der Waals surface area contributed by atoms with Crippen molar-refractivity contribution in [1.82, 2.24) is 10.4 Å². The van der Waals surface area contributed by atoms with E-state index in [4.69, 9.17) is 0 Å². The average molecular weight is 362 g/mol. The number of anilines is 1. The lowest BCUT2D eigenvalue weighted by Gasteiger charge is -2.20. The van der Waals surface area contributed by atoms with Crippen molar-refractivity contribution in [3.63, 3.8) is 0 Å². The van der Waals surface area contributed by atoms with Crippen molar-refractivity contribution >= 4 is 28.7 Å². The minimum atomic E-state index is -0.126. The number of aromatic amines is 1. The first kappa shape index (κ1) is 18.7.